The summed E-state index contributed by atoms with van der Waals surface area (Å²) >= 11 is 1.52. The zero-order valence-corrected chi connectivity index (χ0v) is 15.4. The summed E-state index contributed by atoms with van der Waals surface area (Å²) in [6.07, 6.45) is 0. The van der Waals surface area contributed by atoms with E-state index in [1.807, 2.05) is 74.6 Å². The first-order valence-corrected chi connectivity index (χ1v) is 9.15. The molecule has 0 unspecified atom stereocenters. The number of anilines is 1. The van der Waals surface area contributed by atoms with Crippen molar-refractivity contribution in [3.8, 4) is 0 Å². The quantitative estimate of drug-likeness (QED) is 0.547. The van der Waals surface area contributed by atoms with Crippen molar-refractivity contribution >= 4 is 32.6 Å². The van der Waals surface area contributed by atoms with E-state index in [9.17, 15) is 4.79 Å². The minimum absolute atomic E-state index is 0.142. The van der Waals surface area contributed by atoms with Crippen LogP contribution in [0.25, 0.3) is 10.2 Å². The average Bonchev–Trinajstić information content (AvgIpc) is 3.23. The highest BCUT2D eigenvalue weighted by molar-refractivity contribution is 7.22. The highest BCUT2D eigenvalue weighted by atomic mass is 32.1. The number of aryl methyl sites for hydroxylation is 2. The molecule has 0 aliphatic carbocycles. The Morgan fingerprint density at radius 2 is 1.85 bits per heavy atom. The molecular formula is C20H18N4OS. The zero-order chi connectivity index (χ0) is 18.1. The smallest absolute Gasteiger partial charge is 0.278 e. The summed E-state index contributed by atoms with van der Waals surface area (Å²) in [5.41, 5.74) is 3.32. The molecule has 0 radical (unpaired) electrons. The zero-order valence-electron chi connectivity index (χ0n) is 14.6. The molecule has 0 atom stereocenters. The number of fused-ring (bicyclic) bond motifs is 1. The average molecular weight is 362 g/mol. The second kappa shape index (κ2) is 6.72. The second-order valence-corrected chi connectivity index (χ2v) is 7.14. The van der Waals surface area contributed by atoms with Gasteiger partial charge in [0.2, 0.25) is 0 Å². The molecule has 2 aromatic carbocycles. The standard InChI is InChI=1S/C20H18N4OS/c1-14-12-17(22-23(14)2)19(25)24(13-15-8-4-3-5-9-15)20-21-16-10-6-7-11-18(16)26-20/h3-12H,13H2,1-2H3. The largest absolute Gasteiger partial charge is 0.280 e. The van der Waals surface area contributed by atoms with Crippen molar-refractivity contribution in [2.24, 2.45) is 7.05 Å². The van der Waals surface area contributed by atoms with Crippen LogP contribution >= 0.6 is 11.3 Å². The number of thiazole rings is 1. The minimum Gasteiger partial charge on any atom is -0.278 e. The fraction of sp³-hybridized carbons (Fsp3) is 0.150. The molecule has 0 saturated heterocycles. The molecule has 4 aromatic rings. The Bertz CT molecular complexity index is 1020. The number of nitrogens with zero attached hydrogens (tertiary/aromatic N) is 4. The van der Waals surface area contributed by atoms with Gasteiger partial charge in [-0.15, -0.1) is 0 Å². The molecule has 130 valence electrons. The van der Waals surface area contributed by atoms with Crippen molar-refractivity contribution in [2.45, 2.75) is 13.5 Å². The third-order valence-corrected chi connectivity index (χ3v) is 5.33. The molecule has 6 heteroatoms. The lowest BCUT2D eigenvalue weighted by atomic mass is 10.2. The number of carbonyl (C=O) groups excluding carboxylic acids is 1. The number of para-hydroxylation sites is 1. The van der Waals surface area contributed by atoms with Crippen LogP contribution in [-0.2, 0) is 13.6 Å². The lowest BCUT2D eigenvalue weighted by molar-refractivity contribution is 0.0979. The van der Waals surface area contributed by atoms with E-state index in [1.54, 1.807) is 9.58 Å². The van der Waals surface area contributed by atoms with Crippen molar-refractivity contribution < 1.29 is 4.79 Å². The predicted molar refractivity (Wildman–Crippen MR) is 105 cm³/mol. The van der Waals surface area contributed by atoms with Gasteiger partial charge in [0, 0.05) is 12.7 Å². The Morgan fingerprint density at radius 3 is 2.54 bits per heavy atom. The molecule has 0 aliphatic rings. The fourth-order valence-electron chi connectivity index (χ4n) is 2.77. The molecule has 0 N–H and O–H groups in total. The first-order valence-electron chi connectivity index (χ1n) is 8.34. The third kappa shape index (κ3) is 3.11. The number of amides is 1. The molecule has 0 fully saturated rings. The molecule has 26 heavy (non-hydrogen) atoms. The van der Waals surface area contributed by atoms with Crippen molar-refractivity contribution in [2.75, 3.05) is 4.90 Å². The van der Waals surface area contributed by atoms with E-state index in [0.29, 0.717) is 17.4 Å². The summed E-state index contributed by atoms with van der Waals surface area (Å²) < 4.78 is 2.78. The monoisotopic (exact) mass is 362 g/mol. The number of hydrogen-bond acceptors (Lipinski definition) is 4. The van der Waals surface area contributed by atoms with E-state index in [4.69, 9.17) is 0 Å². The topological polar surface area (TPSA) is 51.0 Å². The van der Waals surface area contributed by atoms with Gasteiger partial charge in [-0.05, 0) is 30.7 Å². The van der Waals surface area contributed by atoms with Crippen molar-refractivity contribution in [1.29, 1.82) is 0 Å². The maximum Gasteiger partial charge on any atom is 0.280 e. The predicted octanol–water partition coefficient (Wildman–Crippen LogP) is 4.19. The van der Waals surface area contributed by atoms with Crippen molar-refractivity contribution in [3.63, 3.8) is 0 Å². The van der Waals surface area contributed by atoms with Gasteiger partial charge in [-0.1, -0.05) is 53.8 Å². The highest BCUT2D eigenvalue weighted by Crippen LogP contribution is 2.30. The molecule has 2 aromatic heterocycles. The number of benzene rings is 2. The highest BCUT2D eigenvalue weighted by Gasteiger charge is 2.24. The van der Waals surface area contributed by atoms with Gasteiger partial charge >= 0.3 is 0 Å². The van der Waals surface area contributed by atoms with Gasteiger partial charge in [0.05, 0.1) is 16.8 Å². The molecule has 5 nitrogen and oxygen atoms in total. The second-order valence-electron chi connectivity index (χ2n) is 6.14. The Morgan fingerprint density at radius 1 is 1.12 bits per heavy atom. The summed E-state index contributed by atoms with van der Waals surface area (Å²) in [5, 5.41) is 5.04. The molecule has 0 saturated carbocycles. The van der Waals surface area contributed by atoms with Gasteiger partial charge in [0.15, 0.2) is 10.8 Å². The Hall–Kier alpha value is -2.99. The molecule has 4 rings (SSSR count). The van der Waals surface area contributed by atoms with Gasteiger partial charge in [0.1, 0.15) is 0 Å². The molecule has 0 bridgehead atoms. The fourth-order valence-corrected chi connectivity index (χ4v) is 3.73. The molecule has 1 amide bonds. The van der Waals surface area contributed by atoms with Gasteiger partial charge in [-0.3, -0.25) is 14.4 Å². The minimum atomic E-state index is -0.142. The van der Waals surface area contributed by atoms with Gasteiger partial charge in [0.25, 0.3) is 5.91 Å². The number of aromatic nitrogens is 3. The molecule has 2 heterocycles. The Labute approximate surface area is 155 Å². The molecule has 0 spiro atoms. The lowest BCUT2D eigenvalue weighted by Crippen LogP contribution is -2.30. The summed E-state index contributed by atoms with van der Waals surface area (Å²) in [4.78, 5) is 19.6. The summed E-state index contributed by atoms with van der Waals surface area (Å²) in [7, 11) is 1.84. The first kappa shape index (κ1) is 16.5. The molecule has 0 aliphatic heterocycles. The van der Waals surface area contributed by atoms with Crippen LogP contribution in [0.5, 0.6) is 0 Å². The van der Waals surface area contributed by atoms with Crippen LogP contribution in [0.4, 0.5) is 5.13 Å². The van der Waals surface area contributed by atoms with Crippen LogP contribution in [0, 0.1) is 6.92 Å². The Kier molecular flexibility index (Phi) is 4.26. The van der Waals surface area contributed by atoms with Crippen molar-refractivity contribution in [1.82, 2.24) is 14.8 Å². The third-order valence-electron chi connectivity index (χ3n) is 4.28. The number of carbonyl (C=O) groups is 1. The Balaban J connectivity index is 1.76. The number of rotatable bonds is 4. The van der Waals surface area contributed by atoms with E-state index in [0.717, 1.165) is 21.5 Å². The van der Waals surface area contributed by atoms with E-state index in [1.165, 1.54) is 11.3 Å². The number of hydrogen-bond donors (Lipinski definition) is 0. The van der Waals surface area contributed by atoms with Crippen LogP contribution < -0.4 is 4.90 Å². The SMILES string of the molecule is Cc1cc(C(=O)N(Cc2ccccc2)c2nc3ccccc3s2)nn1C. The van der Waals surface area contributed by atoms with E-state index in [2.05, 4.69) is 10.1 Å². The lowest BCUT2D eigenvalue weighted by Gasteiger charge is -2.19. The first-order chi connectivity index (χ1) is 12.6. The maximum atomic E-state index is 13.2. The van der Waals surface area contributed by atoms with Crippen LogP contribution in [0.3, 0.4) is 0 Å². The summed E-state index contributed by atoms with van der Waals surface area (Å²) in [6.45, 7) is 2.39. The van der Waals surface area contributed by atoms with Crippen molar-refractivity contribution in [3.05, 3.63) is 77.6 Å². The van der Waals surface area contributed by atoms with E-state index < -0.39 is 0 Å². The molecular weight excluding hydrogens is 344 g/mol. The van der Waals surface area contributed by atoms with E-state index in [-0.39, 0.29) is 5.91 Å². The summed E-state index contributed by atoms with van der Waals surface area (Å²) in [6, 6.07) is 19.7. The van der Waals surface area contributed by atoms with Crippen LogP contribution in [0.2, 0.25) is 0 Å². The van der Waals surface area contributed by atoms with Gasteiger partial charge in [-0.2, -0.15) is 5.10 Å². The van der Waals surface area contributed by atoms with Gasteiger partial charge < -0.3 is 0 Å². The maximum absolute atomic E-state index is 13.2. The normalized spacial score (nSPS) is 11.0. The van der Waals surface area contributed by atoms with Crippen LogP contribution in [-0.4, -0.2) is 20.7 Å². The summed E-state index contributed by atoms with van der Waals surface area (Å²) in [5.74, 6) is -0.142. The van der Waals surface area contributed by atoms with E-state index >= 15 is 0 Å². The van der Waals surface area contributed by atoms with Crippen LogP contribution in [0.1, 0.15) is 21.7 Å². The van der Waals surface area contributed by atoms with Crippen LogP contribution in [0.15, 0.2) is 60.7 Å². The van der Waals surface area contributed by atoms with Gasteiger partial charge in [-0.25, -0.2) is 4.98 Å².